The first-order chi connectivity index (χ1) is 59.0. The van der Waals surface area contributed by atoms with Crippen LogP contribution in [0.25, 0.3) is 177 Å². The van der Waals surface area contributed by atoms with Gasteiger partial charge in [-0.3, -0.25) is 0 Å². The number of furan rings is 2. The molecule has 0 saturated carbocycles. The van der Waals surface area contributed by atoms with E-state index < -0.39 is 0 Å². The lowest BCUT2D eigenvalue weighted by molar-refractivity contribution is 0.660. The van der Waals surface area contributed by atoms with E-state index in [4.69, 9.17) is 8.83 Å². The van der Waals surface area contributed by atoms with Crippen LogP contribution in [0.2, 0.25) is 0 Å². The molecular formula is C116H80N2O2. The third-order valence-electron chi connectivity index (χ3n) is 25.9. The van der Waals surface area contributed by atoms with Crippen molar-refractivity contribution in [3.8, 4) is 111 Å². The highest BCUT2D eigenvalue weighted by atomic mass is 16.3. The molecule has 23 rings (SSSR count). The van der Waals surface area contributed by atoms with Crippen molar-refractivity contribution in [3.63, 3.8) is 0 Å². The lowest BCUT2D eigenvalue weighted by Gasteiger charge is -2.29. The number of para-hydroxylation sites is 1. The highest BCUT2D eigenvalue weighted by Crippen LogP contribution is 2.57. The molecule has 4 heteroatoms. The summed E-state index contributed by atoms with van der Waals surface area (Å²) in [6.45, 7) is 9.51. The number of benzene rings is 19. The standard InChI is InChI=1S/C116H80N2O2/c1-115(2)105-42-17-16-38-97(105)98-62-57-88(70-108(98)115)117(86-55-49-77(50-56-86)92-34-12-14-36-94(92)95-39-20-28-76-26-10-11-33-91(76)95)89-58-64-101-103-41-21-40-102(114(103)120-112(101)71-89)96-37-15-13-35-93(96)85-32-19-31-81(67-85)83-52-61-104-107(68-83)116(3,4)106-43-22-44-109(113(104)106)118(87-53-47-75(48-54-87)82-46-45-74-25-8-9-27-78(74)66-82)90-59-63-100-99-60-51-84(69-110(99)119-111(100)72-90)80-30-18-29-79(65-80)73-23-6-5-7-24-73/h5-72H,1-4H3. The van der Waals surface area contributed by atoms with Gasteiger partial charge in [-0.2, -0.15) is 0 Å². The van der Waals surface area contributed by atoms with Crippen molar-refractivity contribution in [3.05, 3.63) is 435 Å². The van der Waals surface area contributed by atoms with Gasteiger partial charge < -0.3 is 18.6 Å². The van der Waals surface area contributed by atoms with E-state index in [2.05, 4.69) is 450 Å². The minimum atomic E-state index is -0.345. The SMILES string of the molecule is CC1(C)c2ccccc2-c2ccc(N(c3ccc(-c4ccccc4-c4cccc5ccccc45)cc3)c3ccc4c(c3)oc3c(-c5ccccc5-c5cccc(-c6ccc7c(c6)C(C)(C)c6cccc(N(c8ccc(-c9ccc%10ccccc%10c9)cc8)c8ccc9c(c8)oc8cc(-c%10cccc(-c%11ccccc%11)c%10)ccc89)c6-7)c5)cccc34)cc21. The van der Waals surface area contributed by atoms with E-state index in [0.717, 1.165) is 134 Å². The Kier molecular flexibility index (Phi) is 16.3. The summed E-state index contributed by atoms with van der Waals surface area (Å²) in [6.07, 6.45) is 0. The number of hydrogen-bond acceptors (Lipinski definition) is 4. The van der Waals surface area contributed by atoms with E-state index in [-0.39, 0.29) is 10.8 Å². The van der Waals surface area contributed by atoms with E-state index >= 15 is 0 Å². The predicted octanol–water partition coefficient (Wildman–Crippen LogP) is 32.7. The van der Waals surface area contributed by atoms with Gasteiger partial charge in [0.2, 0.25) is 0 Å². The molecule has 2 aliphatic rings. The van der Waals surface area contributed by atoms with Gasteiger partial charge in [-0.1, -0.05) is 325 Å². The van der Waals surface area contributed by atoms with Gasteiger partial charge in [0.15, 0.2) is 0 Å². The van der Waals surface area contributed by atoms with Crippen molar-refractivity contribution in [2.24, 2.45) is 0 Å². The van der Waals surface area contributed by atoms with Crippen molar-refractivity contribution in [1.82, 2.24) is 0 Å². The number of nitrogens with zero attached hydrogens (tertiary/aromatic N) is 2. The zero-order valence-corrected chi connectivity index (χ0v) is 67.0. The molecule has 0 fully saturated rings. The average Bonchev–Trinajstić information content (AvgIpc) is 1.58. The summed E-state index contributed by atoms with van der Waals surface area (Å²) in [7, 11) is 0. The molecule has 19 aromatic carbocycles. The van der Waals surface area contributed by atoms with Gasteiger partial charge in [-0.25, -0.2) is 0 Å². The number of rotatable bonds is 14. The Bertz CT molecular complexity index is 7720. The van der Waals surface area contributed by atoms with Crippen molar-refractivity contribution in [2.75, 3.05) is 9.80 Å². The molecular weight excluding hydrogens is 1450 g/mol. The third-order valence-corrected chi connectivity index (χ3v) is 25.9. The van der Waals surface area contributed by atoms with E-state index in [1.807, 2.05) is 0 Å². The quantitative estimate of drug-likeness (QED) is 0.109. The van der Waals surface area contributed by atoms with Gasteiger partial charge >= 0.3 is 0 Å². The second-order valence-corrected chi connectivity index (χ2v) is 33.4. The fraction of sp³-hybridized carbons (Fsp3) is 0.0517. The van der Waals surface area contributed by atoms with Gasteiger partial charge in [0.05, 0.1) is 5.69 Å². The van der Waals surface area contributed by atoms with Gasteiger partial charge in [0.1, 0.15) is 22.3 Å². The highest BCUT2D eigenvalue weighted by molar-refractivity contribution is 6.13. The van der Waals surface area contributed by atoms with Crippen LogP contribution in [0.5, 0.6) is 0 Å². The molecule has 21 aromatic rings. The van der Waals surface area contributed by atoms with Crippen molar-refractivity contribution in [2.45, 2.75) is 38.5 Å². The normalized spacial score (nSPS) is 13.0. The van der Waals surface area contributed by atoms with Crippen LogP contribution in [0, 0.1) is 0 Å². The van der Waals surface area contributed by atoms with Gasteiger partial charge in [-0.05, 0) is 247 Å². The van der Waals surface area contributed by atoms with Crippen molar-refractivity contribution in [1.29, 1.82) is 0 Å². The van der Waals surface area contributed by atoms with Crippen LogP contribution >= 0.6 is 0 Å². The minimum absolute atomic E-state index is 0.194. The first-order valence-corrected chi connectivity index (χ1v) is 41.7. The molecule has 0 aliphatic heterocycles. The first-order valence-electron chi connectivity index (χ1n) is 41.7. The molecule has 2 aromatic heterocycles. The topological polar surface area (TPSA) is 32.8 Å². The molecule has 4 nitrogen and oxygen atoms in total. The molecule has 0 radical (unpaired) electrons. The second-order valence-electron chi connectivity index (χ2n) is 33.4. The van der Waals surface area contributed by atoms with Crippen LogP contribution < -0.4 is 9.80 Å². The summed E-state index contributed by atoms with van der Waals surface area (Å²) in [4.78, 5) is 4.85. The summed E-state index contributed by atoms with van der Waals surface area (Å²) in [5, 5.41) is 9.22. The van der Waals surface area contributed by atoms with E-state index in [9.17, 15) is 0 Å². The lowest BCUT2D eigenvalue weighted by atomic mass is 9.81. The summed E-state index contributed by atoms with van der Waals surface area (Å²) in [6, 6.07) is 152. The number of fused-ring (bicyclic) bond motifs is 14. The molecule has 0 N–H and O–H groups in total. The molecule has 0 saturated heterocycles. The van der Waals surface area contributed by atoms with Crippen LogP contribution in [-0.2, 0) is 10.8 Å². The fourth-order valence-electron chi connectivity index (χ4n) is 19.8. The molecule has 0 spiro atoms. The first kappa shape index (κ1) is 70.3. The van der Waals surface area contributed by atoms with E-state index in [1.165, 1.54) is 99.4 Å². The van der Waals surface area contributed by atoms with Crippen LogP contribution in [0.15, 0.2) is 421 Å². The summed E-state index contributed by atoms with van der Waals surface area (Å²) in [5.41, 5.74) is 37.8. The highest BCUT2D eigenvalue weighted by Gasteiger charge is 2.40. The van der Waals surface area contributed by atoms with Crippen LogP contribution in [0.4, 0.5) is 34.1 Å². The predicted molar refractivity (Wildman–Crippen MR) is 504 cm³/mol. The molecule has 0 atom stereocenters. The lowest BCUT2D eigenvalue weighted by Crippen LogP contribution is -2.16. The second kappa shape index (κ2) is 27.8. The van der Waals surface area contributed by atoms with Crippen molar-refractivity contribution >= 4 is 99.5 Å². The van der Waals surface area contributed by atoms with Crippen LogP contribution in [-0.4, -0.2) is 0 Å². The Balaban J connectivity index is 0.591. The molecule has 566 valence electrons. The molecule has 2 aliphatic carbocycles. The van der Waals surface area contributed by atoms with E-state index in [1.54, 1.807) is 0 Å². The zero-order valence-electron chi connectivity index (χ0n) is 67.0. The molecule has 2 heterocycles. The van der Waals surface area contributed by atoms with Gasteiger partial charge in [-0.15, -0.1) is 0 Å². The smallest absolute Gasteiger partial charge is 0.143 e. The summed E-state index contributed by atoms with van der Waals surface area (Å²) in [5.74, 6) is 0. The minimum Gasteiger partial charge on any atom is -0.456 e. The van der Waals surface area contributed by atoms with Crippen LogP contribution in [0.3, 0.4) is 0 Å². The molecule has 0 amide bonds. The average molecular weight is 1530 g/mol. The summed E-state index contributed by atoms with van der Waals surface area (Å²) >= 11 is 0. The summed E-state index contributed by atoms with van der Waals surface area (Å²) < 4.78 is 14.3. The Morgan fingerprint density at radius 1 is 0.192 bits per heavy atom. The fourth-order valence-corrected chi connectivity index (χ4v) is 19.8. The van der Waals surface area contributed by atoms with Gasteiger partial charge in [0, 0.05) is 84.1 Å². The monoisotopic (exact) mass is 1530 g/mol. The van der Waals surface area contributed by atoms with E-state index in [0.29, 0.717) is 0 Å². The number of anilines is 6. The maximum Gasteiger partial charge on any atom is 0.143 e. The maximum atomic E-state index is 7.32. The Morgan fingerprint density at radius 2 is 0.608 bits per heavy atom. The van der Waals surface area contributed by atoms with Gasteiger partial charge in [0.25, 0.3) is 0 Å². The number of hydrogen-bond donors (Lipinski definition) is 0. The largest absolute Gasteiger partial charge is 0.456 e. The Hall–Kier alpha value is -15.1. The molecule has 120 heavy (non-hydrogen) atoms. The Morgan fingerprint density at radius 3 is 1.38 bits per heavy atom. The zero-order chi connectivity index (χ0) is 79.9. The van der Waals surface area contributed by atoms with Crippen LogP contribution in [0.1, 0.15) is 49.9 Å². The maximum absolute atomic E-state index is 7.32. The van der Waals surface area contributed by atoms with Crippen molar-refractivity contribution < 1.29 is 8.83 Å². The molecule has 0 bridgehead atoms. The Labute approximate surface area is 698 Å². The third kappa shape index (κ3) is 11.6. The molecule has 0 unspecified atom stereocenters.